The molecule has 0 radical (unpaired) electrons. The molecule has 4 rings (SSSR count). The molecule has 0 heterocycles. The molecule has 0 bridgehead atoms. The summed E-state index contributed by atoms with van der Waals surface area (Å²) in [5, 5.41) is 2.89. The Bertz CT molecular complexity index is 1520. The van der Waals surface area contributed by atoms with Gasteiger partial charge in [-0.1, -0.05) is 42.5 Å². The molecule has 0 aliphatic heterocycles. The van der Waals surface area contributed by atoms with E-state index in [1.54, 1.807) is 61.7 Å². The number of nitrogens with zero attached hydrogens (tertiary/aromatic N) is 1. The van der Waals surface area contributed by atoms with E-state index >= 15 is 0 Å². The molecule has 37 heavy (non-hydrogen) atoms. The number of carbonyl (C=O) groups is 1. The van der Waals surface area contributed by atoms with E-state index in [2.05, 4.69) is 5.32 Å². The third kappa shape index (κ3) is 5.84. The highest BCUT2D eigenvalue weighted by Crippen LogP contribution is 2.29. The molecule has 1 amide bonds. The molecule has 7 heteroatoms. The third-order valence-corrected chi connectivity index (χ3v) is 8.04. The zero-order valence-corrected chi connectivity index (χ0v) is 22.2. The summed E-state index contributed by atoms with van der Waals surface area (Å²) in [6.07, 6.45) is 0. The van der Waals surface area contributed by atoms with Gasteiger partial charge in [0.2, 0.25) is 0 Å². The van der Waals surface area contributed by atoms with Crippen LogP contribution in [-0.2, 0) is 16.6 Å². The average molecular weight is 515 g/mol. The van der Waals surface area contributed by atoms with Gasteiger partial charge in [-0.05, 0) is 91.6 Å². The summed E-state index contributed by atoms with van der Waals surface area (Å²) in [5.74, 6) is 0.295. The number of hydrogen-bond donors (Lipinski definition) is 1. The number of anilines is 2. The first-order chi connectivity index (χ1) is 17.7. The van der Waals surface area contributed by atoms with Crippen LogP contribution in [0, 0.1) is 20.8 Å². The number of ether oxygens (including phenoxy) is 1. The number of hydrogen-bond acceptors (Lipinski definition) is 4. The Kier molecular flexibility index (Phi) is 7.64. The Morgan fingerprint density at radius 2 is 1.54 bits per heavy atom. The van der Waals surface area contributed by atoms with Crippen molar-refractivity contribution >= 4 is 27.3 Å². The molecule has 1 N–H and O–H groups in total. The van der Waals surface area contributed by atoms with Crippen LogP contribution in [0.1, 0.15) is 32.6 Å². The second-order valence-corrected chi connectivity index (χ2v) is 10.8. The second kappa shape index (κ2) is 10.9. The van der Waals surface area contributed by atoms with Gasteiger partial charge in [-0.3, -0.25) is 9.10 Å². The lowest BCUT2D eigenvalue weighted by atomic mass is 10.1. The minimum Gasteiger partial charge on any atom is -0.495 e. The Balaban J connectivity index is 1.62. The smallest absolute Gasteiger partial charge is 0.264 e. The lowest BCUT2D eigenvalue weighted by molar-refractivity contribution is 0.102. The molecule has 6 nitrogen and oxygen atoms in total. The highest BCUT2D eigenvalue weighted by atomic mass is 32.2. The molecule has 0 aliphatic carbocycles. The highest BCUT2D eigenvalue weighted by Gasteiger charge is 2.25. The largest absolute Gasteiger partial charge is 0.495 e. The van der Waals surface area contributed by atoms with Crippen molar-refractivity contribution in [1.29, 1.82) is 0 Å². The second-order valence-electron chi connectivity index (χ2n) is 8.95. The molecule has 4 aromatic rings. The zero-order chi connectivity index (χ0) is 26.6. The first-order valence-electron chi connectivity index (χ1n) is 11.9. The van der Waals surface area contributed by atoms with Crippen LogP contribution >= 0.6 is 0 Å². The van der Waals surface area contributed by atoms with Gasteiger partial charge in [0.15, 0.2) is 0 Å². The van der Waals surface area contributed by atoms with Crippen LogP contribution in [0.15, 0.2) is 95.9 Å². The van der Waals surface area contributed by atoms with Crippen molar-refractivity contribution in [2.24, 2.45) is 0 Å². The molecule has 0 spiro atoms. The fourth-order valence-corrected chi connectivity index (χ4v) is 5.42. The molecule has 190 valence electrons. The summed E-state index contributed by atoms with van der Waals surface area (Å²) in [7, 11) is -2.27. The summed E-state index contributed by atoms with van der Waals surface area (Å²) in [5.41, 5.74) is 5.47. The zero-order valence-electron chi connectivity index (χ0n) is 21.4. The van der Waals surface area contributed by atoms with Crippen molar-refractivity contribution in [3.63, 3.8) is 0 Å². The quantitative estimate of drug-likeness (QED) is 0.301. The van der Waals surface area contributed by atoms with E-state index < -0.39 is 10.0 Å². The molecule has 0 aromatic heterocycles. The molecule has 0 aliphatic rings. The lowest BCUT2D eigenvalue weighted by Crippen LogP contribution is -2.30. The number of sulfonamides is 1. The van der Waals surface area contributed by atoms with Gasteiger partial charge in [0.1, 0.15) is 5.75 Å². The van der Waals surface area contributed by atoms with E-state index in [1.807, 2.05) is 57.2 Å². The number of amides is 1. The van der Waals surface area contributed by atoms with Gasteiger partial charge in [-0.15, -0.1) is 0 Å². The molecule has 0 fully saturated rings. The van der Waals surface area contributed by atoms with E-state index in [0.717, 1.165) is 22.3 Å². The van der Waals surface area contributed by atoms with Gasteiger partial charge in [-0.25, -0.2) is 8.42 Å². The van der Waals surface area contributed by atoms with Crippen LogP contribution in [0.4, 0.5) is 11.4 Å². The number of rotatable bonds is 8. The van der Waals surface area contributed by atoms with E-state index in [4.69, 9.17) is 4.74 Å². The summed E-state index contributed by atoms with van der Waals surface area (Å²) in [4.78, 5) is 13.1. The Morgan fingerprint density at radius 3 is 2.19 bits per heavy atom. The Hall–Kier alpha value is -4.10. The van der Waals surface area contributed by atoms with E-state index in [1.165, 1.54) is 4.31 Å². The predicted molar refractivity (Wildman–Crippen MR) is 148 cm³/mol. The maximum absolute atomic E-state index is 13.6. The predicted octanol–water partition coefficient (Wildman–Crippen LogP) is 6.27. The van der Waals surface area contributed by atoms with Crippen molar-refractivity contribution in [3.8, 4) is 5.75 Å². The van der Waals surface area contributed by atoms with Crippen LogP contribution in [-0.4, -0.2) is 21.4 Å². The average Bonchev–Trinajstić information content (AvgIpc) is 2.90. The lowest BCUT2D eigenvalue weighted by Gasteiger charge is -2.25. The highest BCUT2D eigenvalue weighted by molar-refractivity contribution is 7.92. The van der Waals surface area contributed by atoms with Crippen molar-refractivity contribution in [2.75, 3.05) is 16.7 Å². The summed E-state index contributed by atoms with van der Waals surface area (Å²) in [6, 6.07) is 26.5. The fourth-order valence-electron chi connectivity index (χ4n) is 3.96. The van der Waals surface area contributed by atoms with Crippen LogP contribution in [0.5, 0.6) is 5.75 Å². The maximum Gasteiger partial charge on any atom is 0.264 e. The van der Waals surface area contributed by atoms with Gasteiger partial charge in [-0.2, -0.15) is 0 Å². The molecular formula is C30H30N2O4S. The SMILES string of the molecule is COc1ccc(C)cc1NC(=O)c1ccc(CN(c2ccc(C)c(C)c2)S(=O)(=O)c2ccccc2)cc1. The van der Waals surface area contributed by atoms with E-state index in [9.17, 15) is 13.2 Å². The standard InChI is InChI=1S/C30H30N2O4S/c1-21-10-17-29(36-4)28(18-21)31-30(33)25-14-12-24(13-15-25)20-32(26-16-11-22(2)23(3)19-26)37(34,35)27-8-6-5-7-9-27/h5-19H,20H2,1-4H3,(H,31,33). The minimum atomic E-state index is -3.82. The topological polar surface area (TPSA) is 75.7 Å². The maximum atomic E-state index is 13.6. The Morgan fingerprint density at radius 1 is 0.838 bits per heavy atom. The van der Waals surface area contributed by atoms with E-state index in [-0.39, 0.29) is 17.3 Å². The molecular weight excluding hydrogens is 484 g/mol. The molecule has 0 saturated carbocycles. The number of aryl methyl sites for hydroxylation is 3. The van der Waals surface area contributed by atoms with Crippen molar-refractivity contribution in [1.82, 2.24) is 0 Å². The summed E-state index contributed by atoms with van der Waals surface area (Å²) < 4.78 is 34.1. The van der Waals surface area contributed by atoms with Crippen molar-refractivity contribution < 1.29 is 17.9 Å². The Labute approximate surface area is 218 Å². The van der Waals surface area contributed by atoms with Crippen LogP contribution in [0.25, 0.3) is 0 Å². The van der Waals surface area contributed by atoms with Gasteiger partial charge in [0.05, 0.1) is 29.9 Å². The molecule has 4 aromatic carbocycles. The van der Waals surface area contributed by atoms with Crippen LogP contribution in [0.2, 0.25) is 0 Å². The van der Waals surface area contributed by atoms with Crippen LogP contribution < -0.4 is 14.4 Å². The molecule has 0 unspecified atom stereocenters. The molecule has 0 saturated heterocycles. The number of carbonyl (C=O) groups excluding carboxylic acids is 1. The normalized spacial score (nSPS) is 11.1. The van der Waals surface area contributed by atoms with Gasteiger partial charge < -0.3 is 10.1 Å². The van der Waals surface area contributed by atoms with Gasteiger partial charge in [0, 0.05) is 5.56 Å². The van der Waals surface area contributed by atoms with Crippen LogP contribution in [0.3, 0.4) is 0 Å². The van der Waals surface area contributed by atoms with Crippen molar-refractivity contribution in [3.05, 3.63) is 119 Å². The van der Waals surface area contributed by atoms with Gasteiger partial charge in [0.25, 0.3) is 15.9 Å². The first-order valence-corrected chi connectivity index (χ1v) is 13.3. The molecule has 0 atom stereocenters. The monoisotopic (exact) mass is 514 g/mol. The van der Waals surface area contributed by atoms with E-state index in [0.29, 0.717) is 22.7 Å². The summed E-state index contributed by atoms with van der Waals surface area (Å²) in [6.45, 7) is 6.01. The van der Waals surface area contributed by atoms with Gasteiger partial charge >= 0.3 is 0 Å². The number of methoxy groups -OCH3 is 1. The minimum absolute atomic E-state index is 0.118. The number of nitrogens with one attached hydrogen (secondary N) is 1. The first kappa shape index (κ1) is 26.0. The number of benzene rings is 4. The van der Waals surface area contributed by atoms with Crippen molar-refractivity contribution in [2.45, 2.75) is 32.2 Å². The summed E-state index contributed by atoms with van der Waals surface area (Å²) >= 11 is 0. The third-order valence-electron chi connectivity index (χ3n) is 6.26. The fraction of sp³-hybridized carbons (Fsp3) is 0.167.